The van der Waals surface area contributed by atoms with Gasteiger partial charge in [0.05, 0.1) is 6.20 Å². The van der Waals surface area contributed by atoms with Gasteiger partial charge < -0.3 is 10.3 Å². The minimum absolute atomic E-state index is 0.516. The van der Waals surface area contributed by atoms with Crippen LogP contribution in [0.5, 0.6) is 0 Å². The molecule has 0 bridgehead atoms. The van der Waals surface area contributed by atoms with Crippen LogP contribution < -0.4 is 5.32 Å². The fourth-order valence-corrected chi connectivity index (χ4v) is 4.17. The minimum Gasteiger partial charge on any atom is -0.367 e. The Bertz CT molecular complexity index is 1070. The first-order valence-electron chi connectivity index (χ1n) is 9.47. The van der Waals surface area contributed by atoms with E-state index in [-0.39, 0.29) is 0 Å². The van der Waals surface area contributed by atoms with Crippen molar-refractivity contribution in [2.24, 2.45) is 0 Å². The smallest absolute Gasteiger partial charge is 0.157 e. The van der Waals surface area contributed by atoms with Crippen molar-refractivity contribution in [1.29, 1.82) is 0 Å². The molecule has 26 heavy (non-hydrogen) atoms. The number of nitrogens with zero attached hydrogens (tertiary/aromatic N) is 3. The van der Waals surface area contributed by atoms with Crippen LogP contribution in [-0.2, 0) is 0 Å². The number of aryl methyl sites for hydroxylation is 1. The number of aromatic nitrogens is 4. The first-order chi connectivity index (χ1) is 12.8. The summed E-state index contributed by atoms with van der Waals surface area (Å²) >= 11 is 0. The number of aromatic amines is 1. The van der Waals surface area contributed by atoms with Crippen molar-refractivity contribution in [2.75, 3.05) is 5.32 Å². The van der Waals surface area contributed by atoms with Crippen LogP contribution >= 0.6 is 0 Å². The molecule has 0 saturated heterocycles. The summed E-state index contributed by atoms with van der Waals surface area (Å²) in [5.74, 6) is 1.08. The molecule has 4 aromatic rings. The molecule has 1 fully saturated rings. The number of rotatable bonds is 3. The summed E-state index contributed by atoms with van der Waals surface area (Å²) in [5, 5.41) is 5.01. The van der Waals surface area contributed by atoms with E-state index < -0.39 is 0 Å². The van der Waals surface area contributed by atoms with E-state index in [9.17, 15) is 0 Å². The van der Waals surface area contributed by atoms with Crippen LogP contribution in [0.1, 0.15) is 37.7 Å². The maximum absolute atomic E-state index is 4.92. The number of benzene rings is 1. The summed E-state index contributed by atoms with van der Waals surface area (Å²) in [5.41, 5.74) is 5.45. The highest BCUT2D eigenvalue weighted by molar-refractivity contribution is 5.99. The topological polar surface area (TPSA) is 58.0 Å². The summed E-state index contributed by atoms with van der Waals surface area (Å²) in [6.45, 7) is 2.14. The maximum atomic E-state index is 4.92. The van der Waals surface area contributed by atoms with Crippen molar-refractivity contribution in [3.63, 3.8) is 0 Å². The van der Waals surface area contributed by atoms with E-state index >= 15 is 0 Å². The minimum atomic E-state index is 0.516. The molecule has 0 radical (unpaired) electrons. The quantitative estimate of drug-likeness (QED) is 0.553. The van der Waals surface area contributed by atoms with Crippen LogP contribution in [0.3, 0.4) is 0 Å². The molecule has 0 spiro atoms. The Morgan fingerprint density at radius 2 is 2.08 bits per heavy atom. The number of hydrogen-bond acceptors (Lipinski definition) is 3. The summed E-state index contributed by atoms with van der Waals surface area (Å²) in [4.78, 5) is 12.6. The number of para-hydroxylation sites is 1. The second kappa shape index (κ2) is 6.16. The van der Waals surface area contributed by atoms with E-state index in [4.69, 9.17) is 4.98 Å². The Morgan fingerprint density at radius 3 is 2.96 bits per heavy atom. The van der Waals surface area contributed by atoms with Crippen LogP contribution in [0, 0.1) is 6.92 Å². The van der Waals surface area contributed by atoms with Crippen molar-refractivity contribution in [3.05, 3.63) is 48.5 Å². The van der Waals surface area contributed by atoms with Crippen LogP contribution in [0.4, 0.5) is 5.82 Å². The zero-order chi connectivity index (χ0) is 17.5. The number of H-pyrrole nitrogens is 1. The summed E-state index contributed by atoms with van der Waals surface area (Å²) < 4.78 is 2.13. The fourth-order valence-electron chi connectivity index (χ4n) is 4.17. The van der Waals surface area contributed by atoms with Gasteiger partial charge in [0.15, 0.2) is 5.65 Å². The summed E-state index contributed by atoms with van der Waals surface area (Å²) in [7, 11) is 0. The lowest BCUT2D eigenvalue weighted by Crippen LogP contribution is -2.23. The van der Waals surface area contributed by atoms with Crippen molar-refractivity contribution in [2.45, 2.75) is 45.1 Å². The maximum Gasteiger partial charge on any atom is 0.157 e. The molecule has 0 unspecified atom stereocenters. The fraction of sp³-hybridized carbons (Fsp3) is 0.333. The molecule has 1 saturated carbocycles. The lowest BCUT2D eigenvalue weighted by Gasteiger charge is -2.24. The first kappa shape index (κ1) is 15.4. The van der Waals surface area contributed by atoms with E-state index in [1.54, 1.807) is 0 Å². The van der Waals surface area contributed by atoms with Gasteiger partial charge in [-0.3, -0.25) is 9.38 Å². The van der Waals surface area contributed by atoms with Gasteiger partial charge in [-0.1, -0.05) is 37.5 Å². The summed E-state index contributed by atoms with van der Waals surface area (Å²) in [6.07, 6.45) is 14.1. The van der Waals surface area contributed by atoms with Crippen molar-refractivity contribution in [1.82, 2.24) is 19.4 Å². The predicted molar refractivity (Wildman–Crippen MR) is 106 cm³/mol. The van der Waals surface area contributed by atoms with Crippen LogP contribution in [-0.4, -0.2) is 25.4 Å². The van der Waals surface area contributed by atoms with Gasteiger partial charge in [-0.15, -0.1) is 0 Å². The van der Waals surface area contributed by atoms with E-state index in [0.717, 1.165) is 22.7 Å². The second-order valence-electron chi connectivity index (χ2n) is 7.29. The molecule has 5 heteroatoms. The number of anilines is 1. The Hall–Kier alpha value is -2.82. The van der Waals surface area contributed by atoms with Crippen molar-refractivity contribution in [3.8, 4) is 11.3 Å². The monoisotopic (exact) mass is 345 g/mol. The van der Waals surface area contributed by atoms with Gasteiger partial charge in [0.25, 0.3) is 0 Å². The second-order valence-corrected chi connectivity index (χ2v) is 7.29. The van der Waals surface area contributed by atoms with E-state index in [1.165, 1.54) is 48.6 Å². The molecule has 0 atom stereocenters. The molecular weight excluding hydrogens is 322 g/mol. The highest BCUT2D eigenvalue weighted by Crippen LogP contribution is 2.36. The van der Waals surface area contributed by atoms with Crippen LogP contribution in [0.25, 0.3) is 27.8 Å². The Balaban J connectivity index is 1.68. The molecule has 3 heterocycles. The molecule has 3 aromatic heterocycles. The zero-order valence-electron chi connectivity index (χ0n) is 15.0. The molecule has 0 aliphatic heterocycles. The van der Waals surface area contributed by atoms with Gasteiger partial charge in [-0.25, -0.2) is 4.98 Å². The highest BCUT2D eigenvalue weighted by atomic mass is 15.2. The van der Waals surface area contributed by atoms with E-state index in [1.807, 2.05) is 18.6 Å². The molecule has 1 aromatic carbocycles. The highest BCUT2D eigenvalue weighted by Gasteiger charge is 2.21. The summed E-state index contributed by atoms with van der Waals surface area (Å²) in [6, 6.07) is 6.93. The zero-order valence-corrected chi connectivity index (χ0v) is 15.0. The average Bonchev–Trinajstić information content (AvgIpc) is 3.25. The van der Waals surface area contributed by atoms with Gasteiger partial charge in [-0.05, 0) is 25.3 Å². The van der Waals surface area contributed by atoms with Gasteiger partial charge in [-0.2, -0.15) is 0 Å². The van der Waals surface area contributed by atoms with Crippen molar-refractivity contribution < 1.29 is 0 Å². The Kier molecular flexibility index (Phi) is 3.66. The largest absolute Gasteiger partial charge is 0.367 e. The van der Waals surface area contributed by atoms with E-state index in [0.29, 0.717) is 6.04 Å². The number of fused-ring (bicyclic) bond motifs is 2. The van der Waals surface area contributed by atoms with Crippen LogP contribution in [0.2, 0.25) is 0 Å². The Morgan fingerprint density at radius 1 is 1.19 bits per heavy atom. The molecular formula is C21H23N5. The third kappa shape index (κ3) is 2.46. The average molecular weight is 345 g/mol. The molecule has 132 valence electrons. The number of imidazole rings is 1. The third-order valence-electron chi connectivity index (χ3n) is 5.56. The molecule has 0 amide bonds. The lowest BCUT2D eigenvalue weighted by molar-refractivity contribution is 0.462. The Labute approximate surface area is 152 Å². The van der Waals surface area contributed by atoms with Gasteiger partial charge >= 0.3 is 0 Å². The standard InChI is InChI=1S/C21H23N5/c1-14-6-5-9-16-17(12-23-19(14)16)20-21(24-15-7-3-2-4-8-15)26-11-10-22-13-18(26)25-20/h5-6,9-13,15,23-24H,2-4,7-8H2,1H3. The first-order valence-corrected chi connectivity index (χ1v) is 9.47. The molecule has 5 nitrogen and oxygen atoms in total. The third-order valence-corrected chi connectivity index (χ3v) is 5.56. The van der Waals surface area contributed by atoms with Crippen LogP contribution in [0.15, 0.2) is 43.0 Å². The van der Waals surface area contributed by atoms with Gasteiger partial charge in [0.1, 0.15) is 11.5 Å². The SMILES string of the molecule is Cc1cccc2c(-c3nc4cnccn4c3NC3CCCCC3)c[nH]c12. The van der Waals surface area contributed by atoms with E-state index in [2.05, 4.69) is 51.0 Å². The molecule has 1 aliphatic carbocycles. The number of hydrogen-bond donors (Lipinski definition) is 2. The normalized spacial score (nSPS) is 15.7. The molecule has 2 N–H and O–H groups in total. The molecule has 1 aliphatic rings. The predicted octanol–water partition coefficient (Wildman–Crippen LogP) is 4.93. The van der Waals surface area contributed by atoms with Crippen molar-refractivity contribution >= 4 is 22.4 Å². The number of nitrogens with one attached hydrogen (secondary N) is 2. The van der Waals surface area contributed by atoms with Gasteiger partial charge in [0.2, 0.25) is 0 Å². The van der Waals surface area contributed by atoms with Gasteiger partial charge in [0, 0.05) is 41.1 Å². The lowest BCUT2D eigenvalue weighted by atomic mass is 9.95. The molecule has 5 rings (SSSR count).